The highest BCUT2D eigenvalue weighted by Crippen LogP contribution is 2.23. The van der Waals surface area contributed by atoms with Crippen molar-refractivity contribution >= 4 is 31.2 Å². The summed E-state index contributed by atoms with van der Waals surface area (Å²) in [6.07, 6.45) is 0.587. The number of rotatable bonds is 5. The predicted octanol–water partition coefficient (Wildman–Crippen LogP) is 2.70. The summed E-state index contributed by atoms with van der Waals surface area (Å²) >= 11 is 0. The van der Waals surface area contributed by atoms with E-state index in [-0.39, 0.29) is 22.4 Å². The Morgan fingerprint density at radius 3 is 2.23 bits per heavy atom. The average Bonchev–Trinajstić information content (AvgIpc) is 2.87. The van der Waals surface area contributed by atoms with Crippen LogP contribution in [0.3, 0.4) is 0 Å². The van der Waals surface area contributed by atoms with Gasteiger partial charge in [0.15, 0.2) is 9.84 Å². The lowest BCUT2D eigenvalue weighted by Gasteiger charge is -2.14. The number of anilines is 2. The fraction of sp³-hybridized carbons (Fsp3) is 0.333. The van der Waals surface area contributed by atoms with Crippen molar-refractivity contribution in [3.63, 3.8) is 0 Å². The second-order valence-electron chi connectivity index (χ2n) is 6.70. The van der Waals surface area contributed by atoms with Gasteiger partial charge in [0, 0.05) is 17.4 Å². The maximum absolute atomic E-state index is 12.6. The van der Waals surface area contributed by atoms with Gasteiger partial charge in [0.2, 0.25) is 0 Å². The lowest BCUT2D eigenvalue weighted by Crippen LogP contribution is -2.20. The second-order valence-corrected chi connectivity index (χ2v) is 10.6. The van der Waals surface area contributed by atoms with Crippen molar-refractivity contribution in [2.75, 3.05) is 21.5 Å². The standard InChI is InChI=1S/C18H22N2O4S2/c1-13-3-8-18(14(2)11-13)26(23,24)20-16-6-4-15(5-7-16)19-17-9-10-25(21,22)12-17/h3-8,11,17,19-20H,9-10,12H2,1-2H3. The van der Waals surface area contributed by atoms with Crippen LogP contribution in [-0.4, -0.2) is 34.4 Å². The maximum Gasteiger partial charge on any atom is 0.262 e. The molecule has 1 saturated heterocycles. The van der Waals surface area contributed by atoms with Gasteiger partial charge in [-0.1, -0.05) is 17.7 Å². The molecule has 0 spiro atoms. The molecule has 26 heavy (non-hydrogen) atoms. The Kier molecular flexibility index (Phi) is 4.98. The van der Waals surface area contributed by atoms with Gasteiger partial charge in [0.25, 0.3) is 10.0 Å². The van der Waals surface area contributed by atoms with Crippen molar-refractivity contribution in [3.05, 3.63) is 53.6 Å². The van der Waals surface area contributed by atoms with Crippen LogP contribution >= 0.6 is 0 Å². The molecule has 2 aromatic rings. The van der Waals surface area contributed by atoms with E-state index in [2.05, 4.69) is 10.0 Å². The largest absolute Gasteiger partial charge is 0.381 e. The maximum atomic E-state index is 12.6. The Balaban J connectivity index is 1.71. The zero-order valence-electron chi connectivity index (χ0n) is 14.7. The Labute approximate surface area is 154 Å². The molecule has 0 aromatic heterocycles. The molecule has 0 radical (unpaired) electrons. The van der Waals surface area contributed by atoms with Crippen LogP contribution in [0.25, 0.3) is 0 Å². The molecule has 0 amide bonds. The zero-order valence-corrected chi connectivity index (χ0v) is 16.3. The summed E-state index contributed by atoms with van der Waals surface area (Å²) in [7, 11) is -6.60. The molecule has 140 valence electrons. The van der Waals surface area contributed by atoms with Crippen LogP contribution in [0.2, 0.25) is 0 Å². The highest BCUT2D eigenvalue weighted by molar-refractivity contribution is 7.92. The van der Waals surface area contributed by atoms with Crippen molar-refractivity contribution < 1.29 is 16.8 Å². The number of benzene rings is 2. The molecule has 1 unspecified atom stereocenters. The van der Waals surface area contributed by atoms with E-state index in [1.54, 1.807) is 43.3 Å². The molecule has 0 saturated carbocycles. The second kappa shape index (κ2) is 6.92. The van der Waals surface area contributed by atoms with Crippen molar-refractivity contribution in [2.45, 2.75) is 31.2 Å². The first-order chi connectivity index (χ1) is 12.1. The van der Waals surface area contributed by atoms with E-state index in [1.165, 1.54) is 0 Å². The van der Waals surface area contributed by atoms with E-state index >= 15 is 0 Å². The van der Waals surface area contributed by atoms with E-state index in [9.17, 15) is 16.8 Å². The minimum absolute atomic E-state index is 0.0993. The average molecular weight is 395 g/mol. The van der Waals surface area contributed by atoms with Crippen molar-refractivity contribution in [1.82, 2.24) is 0 Å². The molecule has 8 heteroatoms. The number of nitrogens with one attached hydrogen (secondary N) is 2. The number of hydrogen-bond donors (Lipinski definition) is 2. The predicted molar refractivity (Wildman–Crippen MR) is 104 cm³/mol. The van der Waals surface area contributed by atoms with Crippen molar-refractivity contribution in [1.29, 1.82) is 0 Å². The highest BCUT2D eigenvalue weighted by Gasteiger charge is 2.27. The number of sulfone groups is 1. The summed E-state index contributed by atoms with van der Waals surface area (Å²) in [5.74, 6) is 0.340. The summed E-state index contributed by atoms with van der Waals surface area (Å²) in [5, 5.41) is 3.18. The van der Waals surface area contributed by atoms with Crippen LogP contribution in [0.5, 0.6) is 0 Å². The first kappa shape index (κ1) is 18.7. The van der Waals surface area contributed by atoms with Crippen LogP contribution in [0.4, 0.5) is 11.4 Å². The van der Waals surface area contributed by atoms with Crippen molar-refractivity contribution in [2.24, 2.45) is 0 Å². The van der Waals surface area contributed by atoms with E-state index in [4.69, 9.17) is 0 Å². The Hall–Kier alpha value is -2.06. The van der Waals surface area contributed by atoms with E-state index in [1.807, 2.05) is 13.0 Å². The minimum Gasteiger partial charge on any atom is -0.381 e. The molecule has 0 aliphatic carbocycles. The van der Waals surface area contributed by atoms with Crippen LogP contribution in [-0.2, 0) is 19.9 Å². The SMILES string of the molecule is Cc1ccc(S(=O)(=O)Nc2ccc(NC3CCS(=O)(=O)C3)cc2)c(C)c1. The fourth-order valence-corrected chi connectivity index (χ4v) is 6.05. The van der Waals surface area contributed by atoms with Crippen LogP contribution < -0.4 is 10.0 Å². The molecule has 2 aromatic carbocycles. The molecule has 0 bridgehead atoms. The summed E-state index contributed by atoms with van der Waals surface area (Å²) in [6.45, 7) is 3.68. The van der Waals surface area contributed by atoms with Gasteiger partial charge in [-0.3, -0.25) is 4.72 Å². The lowest BCUT2D eigenvalue weighted by molar-refractivity contribution is 0.599. The zero-order chi connectivity index (χ0) is 18.9. The molecule has 2 N–H and O–H groups in total. The topological polar surface area (TPSA) is 92.3 Å². The molecular weight excluding hydrogens is 372 g/mol. The normalized spacial score (nSPS) is 19.2. The molecule has 6 nitrogen and oxygen atoms in total. The van der Waals surface area contributed by atoms with Gasteiger partial charge in [-0.25, -0.2) is 16.8 Å². The summed E-state index contributed by atoms with van der Waals surface area (Å²) in [6, 6.07) is 11.9. The molecule has 1 atom stereocenters. The van der Waals surface area contributed by atoms with Crippen LogP contribution in [0.1, 0.15) is 17.5 Å². The smallest absolute Gasteiger partial charge is 0.262 e. The quantitative estimate of drug-likeness (QED) is 0.813. The van der Waals surface area contributed by atoms with Gasteiger partial charge in [-0.15, -0.1) is 0 Å². The number of hydrogen-bond acceptors (Lipinski definition) is 5. The third kappa shape index (κ3) is 4.37. The Morgan fingerprint density at radius 1 is 1.00 bits per heavy atom. The van der Waals surface area contributed by atoms with Gasteiger partial charge in [0.05, 0.1) is 16.4 Å². The molecule has 1 fully saturated rings. The van der Waals surface area contributed by atoms with Gasteiger partial charge in [0.1, 0.15) is 0 Å². The van der Waals surface area contributed by atoms with Gasteiger partial charge in [-0.05, 0) is 56.2 Å². The molecule has 1 aliphatic rings. The Morgan fingerprint density at radius 2 is 1.65 bits per heavy atom. The first-order valence-corrected chi connectivity index (χ1v) is 11.6. The first-order valence-electron chi connectivity index (χ1n) is 8.32. The monoisotopic (exact) mass is 394 g/mol. The van der Waals surface area contributed by atoms with E-state index in [0.717, 1.165) is 11.3 Å². The van der Waals surface area contributed by atoms with Crippen molar-refractivity contribution in [3.8, 4) is 0 Å². The Bertz CT molecular complexity index is 1010. The summed E-state index contributed by atoms with van der Waals surface area (Å²) < 4.78 is 50.7. The van der Waals surface area contributed by atoms with Gasteiger partial charge < -0.3 is 5.32 Å². The van der Waals surface area contributed by atoms with E-state index < -0.39 is 19.9 Å². The number of sulfonamides is 1. The fourth-order valence-electron chi connectivity index (χ4n) is 3.09. The van der Waals surface area contributed by atoms with E-state index in [0.29, 0.717) is 17.7 Å². The third-order valence-electron chi connectivity index (χ3n) is 4.36. The number of aryl methyl sites for hydroxylation is 2. The van der Waals surface area contributed by atoms with Crippen LogP contribution in [0, 0.1) is 13.8 Å². The minimum atomic E-state index is -3.66. The molecule has 1 aliphatic heterocycles. The van der Waals surface area contributed by atoms with Gasteiger partial charge in [-0.2, -0.15) is 0 Å². The summed E-state index contributed by atoms with van der Waals surface area (Å²) in [4.78, 5) is 0.251. The van der Waals surface area contributed by atoms with Crippen LogP contribution in [0.15, 0.2) is 47.4 Å². The van der Waals surface area contributed by atoms with Gasteiger partial charge >= 0.3 is 0 Å². The highest BCUT2D eigenvalue weighted by atomic mass is 32.2. The molecule has 3 rings (SSSR count). The summed E-state index contributed by atoms with van der Waals surface area (Å²) in [5.41, 5.74) is 2.92. The molecule has 1 heterocycles. The third-order valence-corrected chi connectivity index (χ3v) is 7.67. The lowest BCUT2D eigenvalue weighted by atomic mass is 10.2. The molecular formula is C18H22N2O4S2.